The van der Waals surface area contributed by atoms with Gasteiger partial charge in [0.1, 0.15) is 17.1 Å². The predicted octanol–water partition coefficient (Wildman–Crippen LogP) is 3.60. The van der Waals surface area contributed by atoms with Crippen molar-refractivity contribution in [2.24, 2.45) is 0 Å². The van der Waals surface area contributed by atoms with Crippen LogP contribution in [0.5, 0.6) is 5.75 Å². The fraction of sp³-hybridized carbons (Fsp3) is 0.174. The van der Waals surface area contributed by atoms with Crippen LogP contribution in [-0.4, -0.2) is 38.8 Å². The second kappa shape index (κ2) is 7.05. The van der Waals surface area contributed by atoms with Gasteiger partial charge in [-0.25, -0.2) is 4.98 Å². The van der Waals surface area contributed by atoms with Gasteiger partial charge in [0.25, 0.3) is 5.91 Å². The molecule has 1 amide bonds. The van der Waals surface area contributed by atoms with Gasteiger partial charge in [0.15, 0.2) is 0 Å². The molecule has 1 aliphatic rings. The molecule has 29 heavy (non-hydrogen) atoms. The third-order valence-electron chi connectivity index (χ3n) is 5.35. The lowest BCUT2D eigenvalue weighted by Gasteiger charge is -2.14. The van der Waals surface area contributed by atoms with E-state index in [4.69, 9.17) is 4.74 Å². The van der Waals surface area contributed by atoms with Gasteiger partial charge in [-0.1, -0.05) is 18.2 Å². The highest BCUT2D eigenvalue weighted by atomic mass is 16.5. The van der Waals surface area contributed by atoms with Crippen molar-refractivity contribution in [1.29, 1.82) is 0 Å². The third-order valence-corrected chi connectivity index (χ3v) is 5.35. The normalized spacial score (nSPS) is 13.1. The zero-order valence-electron chi connectivity index (χ0n) is 16.1. The Morgan fingerprint density at radius 3 is 2.76 bits per heavy atom. The molecule has 1 aromatic carbocycles. The SMILES string of the molecule is COc1ccc(-c2ccnc3c2CN(CCc2cn4ccccc4n2)C3=O)cc1. The Morgan fingerprint density at radius 2 is 1.97 bits per heavy atom. The summed E-state index contributed by atoms with van der Waals surface area (Å²) in [6, 6.07) is 15.8. The number of fused-ring (bicyclic) bond motifs is 2. The minimum atomic E-state index is -0.0147. The van der Waals surface area contributed by atoms with Crippen molar-refractivity contribution >= 4 is 11.6 Å². The number of carbonyl (C=O) groups excluding carboxylic acids is 1. The van der Waals surface area contributed by atoms with Crippen LogP contribution < -0.4 is 4.74 Å². The molecule has 0 unspecified atom stereocenters. The van der Waals surface area contributed by atoms with Crippen LogP contribution in [0, 0.1) is 0 Å². The Bertz CT molecular complexity index is 1160. The van der Waals surface area contributed by atoms with E-state index in [-0.39, 0.29) is 5.91 Å². The van der Waals surface area contributed by atoms with Crippen molar-refractivity contribution in [3.05, 3.63) is 84.1 Å². The number of amides is 1. The van der Waals surface area contributed by atoms with Gasteiger partial charge in [0.05, 0.1) is 12.8 Å². The summed E-state index contributed by atoms with van der Waals surface area (Å²) in [5.41, 5.74) is 5.52. The van der Waals surface area contributed by atoms with Crippen LogP contribution in [0.25, 0.3) is 16.8 Å². The van der Waals surface area contributed by atoms with Crippen LogP contribution in [0.2, 0.25) is 0 Å². The monoisotopic (exact) mass is 384 g/mol. The Labute approximate surface area is 168 Å². The van der Waals surface area contributed by atoms with E-state index >= 15 is 0 Å². The molecule has 0 atom stereocenters. The molecule has 5 rings (SSSR count). The summed E-state index contributed by atoms with van der Waals surface area (Å²) in [5.74, 6) is 0.795. The fourth-order valence-corrected chi connectivity index (χ4v) is 3.83. The molecule has 0 saturated carbocycles. The molecular formula is C23H20N4O2. The van der Waals surface area contributed by atoms with Crippen LogP contribution in [0.1, 0.15) is 21.7 Å². The highest BCUT2D eigenvalue weighted by Crippen LogP contribution is 2.32. The molecule has 0 aliphatic carbocycles. The summed E-state index contributed by atoms with van der Waals surface area (Å²) in [7, 11) is 1.65. The molecule has 6 nitrogen and oxygen atoms in total. The third kappa shape index (κ3) is 3.12. The summed E-state index contributed by atoms with van der Waals surface area (Å²) in [6.45, 7) is 1.18. The minimum absolute atomic E-state index is 0.0147. The van der Waals surface area contributed by atoms with Gasteiger partial charge in [0.2, 0.25) is 0 Å². The molecule has 1 aliphatic heterocycles. The molecule has 144 valence electrons. The smallest absolute Gasteiger partial charge is 0.273 e. The second-order valence-corrected chi connectivity index (χ2v) is 7.09. The van der Waals surface area contributed by atoms with E-state index in [0.29, 0.717) is 25.2 Å². The Kier molecular flexibility index (Phi) is 4.24. The maximum Gasteiger partial charge on any atom is 0.273 e. The molecule has 0 radical (unpaired) electrons. The van der Waals surface area contributed by atoms with Gasteiger partial charge in [-0.15, -0.1) is 0 Å². The number of imidazole rings is 1. The Morgan fingerprint density at radius 1 is 1.10 bits per heavy atom. The number of methoxy groups -OCH3 is 1. The number of rotatable bonds is 5. The maximum atomic E-state index is 12.9. The van der Waals surface area contributed by atoms with E-state index in [1.165, 1.54) is 0 Å². The topological polar surface area (TPSA) is 59.7 Å². The summed E-state index contributed by atoms with van der Waals surface area (Å²) in [6.07, 6.45) is 6.42. The first kappa shape index (κ1) is 17.4. The van der Waals surface area contributed by atoms with E-state index in [1.807, 2.05) is 70.2 Å². The predicted molar refractivity (Wildman–Crippen MR) is 110 cm³/mol. The van der Waals surface area contributed by atoms with Crippen LogP contribution in [-0.2, 0) is 13.0 Å². The molecule has 6 heteroatoms. The number of hydrogen-bond donors (Lipinski definition) is 0. The number of pyridine rings is 2. The van der Waals surface area contributed by atoms with Crippen LogP contribution in [0.15, 0.2) is 67.1 Å². The average molecular weight is 384 g/mol. The highest BCUT2D eigenvalue weighted by molar-refractivity contribution is 5.98. The minimum Gasteiger partial charge on any atom is -0.497 e. The largest absolute Gasteiger partial charge is 0.497 e. The van der Waals surface area contributed by atoms with Gasteiger partial charge in [0, 0.05) is 43.7 Å². The van der Waals surface area contributed by atoms with Gasteiger partial charge in [-0.2, -0.15) is 0 Å². The summed E-state index contributed by atoms with van der Waals surface area (Å²) in [5, 5.41) is 0. The van der Waals surface area contributed by atoms with Gasteiger partial charge < -0.3 is 14.0 Å². The molecule has 0 N–H and O–H groups in total. The second-order valence-electron chi connectivity index (χ2n) is 7.09. The average Bonchev–Trinajstić information content (AvgIpc) is 3.33. The first-order valence-electron chi connectivity index (χ1n) is 9.57. The lowest BCUT2D eigenvalue weighted by molar-refractivity contribution is 0.0776. The number of benzene rings is 1. The number of hydrogen-bond acceptors (Lipinski definition) is 4. The molecule has 0 spiro atoms. The summed E-state index contributed by atoms with van der Waals surface area (Å²) >= 11 is 0. The summed E-state index contributed by atoms with van der Waals surface area (Å²) < 4.78 is 7.24. The number of aromatic nitrogens is 3. The van der Waals surface area contributed by atoms with Crippen LogP contribution in [0.4, 0.5) is 0 Å². The number of carbonyl (C=O) groups is 1. The molecule has 4 heterocycles. The maximum absolute atomic E-state index is 12.9. The highest BCUT2D eigenvalue weighted by Gasteiger charge is 2.30. The zero-order valence-corrected chi connectivity index (χ0v) is 16.1. The lowest BCUT2D eigenvalue weighted by atomic mass is 10.0. The van der Waals surface area contributed by atoms with E-state index < -0.39 is 0 Å². The van der Waals surface area contributed by atoms with Crippen LogP contribution in [0.3, 0.4) is 0 Å². The van der Waals surface area contributed by atoms with E-state index in [2.05, 4.69) is 9.97 Å². The standard InChI is InChI=1S/C23H20N4O2/c1-29-18-7-5-16(6-8-18)19-9-11-24-22-20(19)15-27(23(22)28)13-10-17-14-26-12-3-2-4-21(26)25-17/h2-9,11-12,14H,10,13,15H2,1H3. The van der Waals surface area contributed by atoms with Crippen molar-refractivity contribution in [2.45, 2.75) is 13.0 Å². The molecule has 0 bridgehead atoms. The Hall–Kier alpha value is -3.67. The molecular weight excluding hydrogens is 364 g/mol. The van der Waals surface area contributed by atoms with E-state index in [0.717, 1.165) is 33.8 Å². The summed E-state index contributed by atoms with van der Waals surface area (Å²) in [4.78, 5) is 23.7. The first-order chi connectivity index (χ1) is 14.2. The first-order valence-corrected chi connectivity index (χ1v) is 9.57. The van der Waals surface area contributed by atoms with Crippen molar-refractivity contribution in [3.63, 3.8) is 0 Å². The lowest BCUT2D eigenvalue weighted by Crippen LogP contribution is -2.26. The quantitative estimate of drug-likeness (QED) is 0.527. The molecule has 4 aromatic rings. The van der Waals surface area contributed by atoms with Crippen molar-refractivity contribution in [1.82, 2.24) is 19.3 Å². The number of nitrogens with zero attached hydrogens (tertiary/aromatic N) is 4. The van der Waals surface area contributed by atoms with Gasteiger partial charge >= 0.3 is 0 Å². The van der Waals surface area contributed by atoms with Crippen molar-refractivity contribution < 1.29 is 9.53 Å². The zero-order chi connectivity index (χ0) is 19.8. The van der Waals surface area contributed by atoms with E-state index in [9.17, 15) is 4.79 Å². The molecule has 3 aromatic heterocycles. The van der Waals surface area contributed by atoms with Crippen molar-refractivity contribution in [3.8, 4) is 16.9 Å². The molecule has 0 saturated heterocycles. The Balaban J connectivity index is 1.37. The number of ether oxygens (including phenoxy) is 1. The van der Waals surface area contributed by atoms with E-state index in [1.54, 1.807) is 13.3 Å². The van der Waals surface area contributed by atoms with Crippen molar-refractivity contribution in [2.75, 3.05) is 13.7 Å². The molecule has 0 fully saturated rings. The van der Waals surface area contributed by atoms with Crippen LogP contribution >= 0.6 is 0 Å². The van der Waals surface area contributed by atoms with Gasteiger partial charge in [-0.3, -0.25) is 9.78 Å². The van der Waals surface area contributed by atoms with Gasteiger partial charge in [-0.05, 0) is 41.5 Å². The fourth-order valence-electron chi connectivity index (χ4n) is 3.83.